The van der Waals surface area contributed by atoms with E-state index in [1.165, 1.54) is 7.05 Å². The molecule has 0 aromatic carbocycles. The van der Waals surface area contributed by atoms with Gasteiger partial charge in [-0.25, -0.2) is 9.59 Å². The molecule has 15 heteroatoms. The first-order valence-electron chi connectivity index (χ1n) is 19.0. The molecule has 0 radical (unpaired) electrons. The molecule has 0 spiro atoms. The number of urea groups is 1. The number of aliphatic imine (C=N–C) groups is 1. The summed E-state index contributed by atoms with van der Waals surface area (Å²) in [6.45, 7) is 16.6. The van der Waals surface area contributed by atoms with E-state index in [-0.39, 0.29) is 30.8 Å². The van der Waals surface area contributed by atoms with Gasteiger partial charge in [0.1, 0.15) is 24.4 Å². The molecule has 0 saturated carbocycles. The van der Waals surface area contributed by atoms with Crippen LogP contribution in [0.4, 0.5) is 9.59 Å². The number of hydrogen-bond acceptors (Lipinski definition) is 11. The first kappa shape index (κ1) is 46.0. The summed E-state index contributed by atoms with van der Waals surface area (Å²) < 4.78 is 30.8. The third kappa shape index (κ3) is 13.3. The molecule has 7 N–H and O–H groups in total. The molecule has 0 aliphatic carbocycles. The van der Waals surface area contributed by atoms with Gasteiger partial charge in [0.2, 0.25) is 0 Å². The van der Waals surface area contributed by atoms with E-state index in [0.29, 0.717) is 25.9 Å². The fraction of sp³-hybridized carbons (Fsp3) is 0.842. The highest BCUT2D eigenvalue weighted by atomic mass is 16.7. The maximum atomic E-state index is 13.9. The van der Waals surface area contributed by atoms with Crippen LogP contribution in [-0.4, -0.2) is 109 Å². The number of esters is 1. The number of nitrogens with one attached hydrogen (secondary N) is 3. The molecule has 2 rings (SSSR count). The van der Waals surface area contributed by atoms with Gasteiger partial charge in [-0.1, -0.05) is 52.9 Å². The molecule has 2 heterocycles. The molecule has 2 aliphatic heterocycles. The number of carbonyl (C=O) groups is 3. The summed E-state index contributed by atoms with van der Waals surface area (Å²) in [5.41, 5.74) is 2.53. The van der Waals surface area contributed by atoms with Gasteiger partial charge in [0.05, 0.1) is 29.8 Å². The number of carbonyl (C=O) groups excluding carboxylic acids is 3. The summed E-state index contributed by atoms with van der Waals surface area (Å²) in [5, 5.41) is 31.8. The lowest BCUT2D eigenvalue weighted by Gasteiger charge is -2.53. The number of nitrogens with zero attached hydrogens (tertiary/aromatic N) is 1. The molecular formula is C38H67N5O10. The fourth-order valence-corrected chi connectivity index (χ4v) is 7.81. The number of cyclic esters (lactones) is 1. The van der Waals surface area contributed by atoms with Gasteiger partial charge in [0.15, 0.2) is 11.7 Å². The molecule has 2 saturated heterocycles. The minimum absolute atomic E-state index is 0.0610. The highest BCUT2D eigenvalue weighted by molar-refractivity contribution is 5.95. The van der Waals surface area contributed by atoms with Gasteiger partial charge >= 0.3 is 18.1 Å². The van der Waals surface area contributed by atoms with Crippen molar-refractivity contribution in [2.24, 2.45) is 34.4 Å². The average molecular weight is 754 g/mol. The highest BCUT2D eigenvalue weighted by Crippen LogP contribution is 2.44. The van der Waals surface area contributed by atoms with Crippen molar-refractivity contribution in [3.05, 3.63) is 0 Å². The zero-order valence-electron chi connectivity index (χ0n) is 33.5. The van der Waals surface area contributed by atoms with E-state index in [0.717, 1.165) is 25.7 Å². The van der Waals surface area contributed by atoms with E-state index in [9.17, 15) is 24.6 Å². The van der Waals surface area contributed by atoms with Crippen molar-refractivity contribution < 1.29 is 48.3 Å². The van der Waals surface area contributed by atoms with Gasteiger partial charge in [-0.05, 0) is 66.2 Å². The first-order valence-corrected chi connectivity index (χ1v) is 19.0. The summed E-state index contributed by atoms with van der Waals surface area (Å²) in [6, 6.07) is -0.428. The number of hydrogen-bond donors (Lipinski definition) is 6. The molecule has 15 nitrogen and oxygen atoms in total. The Bertz CT molecular complexity index is 1270. The predicted molar refractivity (Wildman–Crippen MR) is 201 cm³/mol. The Kier molecular flexibility index (Phi) is 17.8. The fourth-order valence-electron chi connectivity index (χ4n) is 7.81. The van der Waals surface area contributed by atoms with Crippen molar-refractivity contribution in [1.29, 1.82) is 0 Å². The minimum Gasteiger partial charge on any atom is -0.459 e. The number of unbranched alkanes of at least 4 members (excludes halogenated alkanes) is 4. The monoisotopic (exact) mass is 753 g/mol. The van der Waals surface area contributed by atoms with Crippen molar-refractivity contribution in [3.63, 3.8) is 0 Å². The lowest BCUT2D eigenvalue weighted by molar-refractivity contribution is -0.359. The van der Waals surface area contributed by atoms with Crippen LogP contribution in [0.5, 0.6) is 0 Å². The summed E-state index contributed by atoms with van der Waals surface area (Å²) in [4.78, 5) is 42.6. The summed E-state index contributed by atoms with van der Waals surface area (Å²) in [5.74, 6) is -1.59. The van der Waals surface area contributed by atoms with Gasteiger partial charge in [0, 0.05) is 32.0 Å². The number of rotatable bonds is 12. The van der Waals surface area contributed by atoms with E-state index in [1.54, 1.807) is 41.5 Å². The Morgan fingerprint density at radius 3 is 2.30 bits per heavy atom. The Hall–Kier alpha value is -3.16. The molecule has 2 bridgehead atoms. The van der Waals surface area contributed by atoms with Crippen LogP contribution in [0.15, 0.2) is 4.99 Å². The van der Waals surface area contributed by atoms with Crippen molar-refractivity contribution in [3.8, 4) is 12.3 Å². The SMILES string of the molecule is C#CCO[C@@H]1[C@@H](C)C(OC(=O)NCCCCCCCN=C(N)NC(=O)NC)[C@@H](C)C(=O)OC(CC)[C@@](C)(O)[C@@H]2OC(C)(C)O[C@H]([C@@H]2C)[C@H](C)C[C@]1(C)O. The second-order valence-corrected chi connectivity index (χ2v) is 15.6. The molecule has 0 aromatic heterocycles. The Balaban J connectivity index is 2.25. The molecule has 3 amide bonds. The Labute approximate surface area is 316 Å². The topological polar surface area (TPSA) is 212 Å². The number of ether oxygens (including phenoxy) is 5. The van der Waals surface area contributed by atoms with Gasteiger partial charge < -0.3 is 50.3 Å². The number of fused-ring (bicyclic) bond motifs is 2. The zero-order chi connectivity index (χ0) is 40.1. The number of aliphatic hydroxyl groups is 2. The third-order valence-corrected chi connectivity index (χ3v) is 10.4. The number of alkyl carbamates (subject to hydrolysis) is 1. The number of nitrogens with two attached hydrogens (primary N) is 1. The average Bonchev–Trinajstić information content (AvgIpc) is 3.08. The van der Waals surface area contributed by atoms with Crippen molar-refractivity contribution >= 4 is 24.1 Å². The van der Waals surface area contributed by atoms with Crippen molar-refractivity contribution in [2.45, 2.75) is 155 Å². The summed E-state index contributed by atoms with van der Waals surface area (Å²) in [7, 11) is 1.49. The first-order chi connectivity index (χ1) is 24.7. The van der Waals surface area contributed by atoms with Crippen LogP contribution in [0, 0.1) is 36.0 Å². The number of guanidine groups is 1. The van der Waals surface area contributed by atoms with Crippen LogP contribution < -0.4 is 21.7 Å². The second-order valence-electron chi connectivity index (χ2n) is 15.6. The lowest BCUT2D eigenvalue weighted by atomic mass is 9.72. The number of amides is 3. The largest absolute Gasteiger partial charge is 0.459 e. The smallest absolute Gasteiger partial charge is 0.407 e. The van der Waals surface area contributed by atoms with Crippen LogP contribution in [-0.2, 0) is 28.5 Å². The molecule has 0 aromatic rings. The standard InChI is InChI=1S/C38H67N5O10/c1-12-21-49-30-25(5)29(51-35(46)42-20-18-16-14-15-17-19-41-33(39)43-34(45)40-11)26(6)32(44)50-27(13-2)38(10,48)31-24(4)28(52-36(7,8)53-31)23(3)22-37(30,9)47/h1,23-31,47-48H,13-22H2,2-11H3,(H,42,46)(H4,39,40,41,43,45)/t23-,24+,25+,26-,27?,28+,29?,30-,31-,37+,38-/m1/s1. The van der Waals surface area contributed by atoms with E-state index >= 15 is 0 Å². The van der Waals surface area contributed by atoms with E-state index in [4.69, 9.17) is 35.8 Å². The maximum Gasteiger partial charge on any atom is 0.407 e. The highest BCUT2D eigenvalue weighted by Gasteiger charge is 2.55. The maximum absolute atomic E-state index is 13.9. The quantitative estimate of drug-likeness (QED) is 0.0557. The lowest BCUT2D eigenvalue weighted by Crippen LogP contribution is -2.64. The van der Waals surface area contributed by atoms with Crippen molar-refractivity contribution in [2.75, 3.05) is 26.7 Å². The van der Waals surface area contributed by atoms with Crippen LogP contribution in [0.3, 0.4) is 0 Å². The third-order valence-electron chi connectivity index (χ3n) is 10.4. The van der Waals surface area contributed by atoms with Crippen LogP contribution in [0.1, 0.15) is 107 Å². The molecule has 11 atom stereocenters. The summed E-state index contributed by atoms with van der Waals surface area (Å²) in [6.07, 6.45) is 5.20. The van der Waals surface area contributed by atoms with Gasteiger partial charge in [-0.15, -0.1) is 6.42 Å². The van der Waals surface area contributed by atoms with Crippen LogP contribution in [0.25, 0.3) is 0 Å². The Morgan fingerprint density at radius 2 is 1.68 bits per heavy atom. The van der Waals surface area contributed by atoms with Crippen LogP contribution in [0.2, 0.25) is 0 Å². The van der Waals surface area contributed by atoms with E-state index in [2.05, 4.69) is 26.9 Å². The zero-order valence-corrected chi connectivity index (χ0v) is 33.5. The van der Waals surface area contributed by atoms with E-state index in [1.807, 2.05) is 20.8 Å². The molecule has 304 valence electrons. The van der Waals surface area contributed by atoms with E-state index < -0.39 is 77.4 Å². The normalized spacial score (nSPS) is 35.2. The minimum atomic E-state index is -1.61. The van der Waals surface area contributed by atoms with Gasteiger partial charge in [-0.2, -0.15) is 0 Å². The number of terminal acetylenes is 1. The predicted octanol–water partition coefficient (Wildman–Crippen LogP) is 3.59. The molecule has 2 unspecified atom stereocenters. The van der Waals surface area contributed by atoms with Gasteiger partial charge in [-0.3, -0.25) is 15.1 Å². The molecule has 2 fully saturated rings. The summed E-state index contributed by atoms with van der Waals surface area (Å²) >= 11 is 0. The molecule has 53 heavy (non-hydrogen) atoms. The van der Waals surface area contributed by atoms with Crippen molar-refractivity contribution in [1.82, 2.24) is 16.0 Å². The van der Waals surface area contributed by atoms with Crippen LogP contribution >= 0.6 is 0 Å². The Morgan fingerprint density at radius 1 is 1.04 bits per heavy atom. The molecular weight excluding hydrogens is 686 g/mol. The van der Waals surface area contributed by atoms with Gasteiger partial charge in [0.25, 0.3) is 0 Å². The molecule has 2 aliphatic rings. The second kappa shape index (κ2) is 20.5.